The molecule has 2 aliphatic heterocycles. The summed E-state index contributed by atoms with van der Waals surface area (Å²) in [6, 6.07) is 9.28. The van der Waals surface area contributed by atoms with Crippen molar-refractivity contribution in [3.63, 3.8) is 0 Å². The van der Waals surface area contributed by atoms with Gasteiger partial charge in [-0.3, -0.25) is 9.80 Å². The summed E-state index contributed by atoms with van der Waals surface area (Å²) in [5.74, 6) is 0. The summed E-state index contributed by atoms with van der Waals surface area (Å²) in [4.78, 5) is 4.81. The lowest BCUT2D eigenvalue weighted by Gasteiger charge is -2.37. The molecule has 4 unspecified atom stereocenters. The number of nitrogens with zero attached hydrogens (tertiary/aromatic N) is 2. The molecule has 1 N–H and O–H groups in total. The summed E-state index contributed by atoms with van der Waals surface area (Å²) < 4.78 is 5.78. The normalized spacial score (nSPS) is 30.6. The molecule has 2 saturated heterocycles. The van der Waals surface area contributed by atoms with Crippen molar-refractivity contribution < 1.29 is 9.84 Å². The first-order valence-electron chi connectivity index (χ1n) is 9.37. The van der Waals surface area contributed by atoms with Crippen molar-refractivity contribution in [2.24, 2.45) is 0 Å². The van der Waals surface area contributed by atoms with E-state index in [1.165, 1.54) is 24.0 Å². The molecule has 0 radical (unpaired) electrons. The molecule has 3 rings (SSSR count). The van der Waals surface area contributed by atoms with E-state index >= 15 is 0 Å². The number of aliphatic hydroxyl groups is 1. The summed E-state index contributed by atoms with van der Waals surface area (Å²) in [5.41, 5.74) is 2.71. The van der Waals surface area contributed by atoms with E-state index in [2.05, 4.69) is 54.8 Å². The number of morpholine rings is 1. The molecular weight excluding hydrogens is 300 g/mol. The summed E-state index contributed by atoms with van der Waals surface area (Å²) >= 11 is 0. The van der Waals surface area contributed by atoms with Crippen LogP contribution in [0.2, 0.25) is 0 Å². The second-order valence-corrected chi connectivity index (χ2v) is 7.70. The van der Waals surface area contributed by atoms with Gasteiger partial charge in [0.25, 0.3) is 0 Å². The van der Waals surface area contributed by atoms with Crippen molar-refractivity contribution in [3.8, 4) is 0 Å². The van der Waals surface area contributed by atoms with Crippen molar-refractivity contribution in [1.82, 2.24) is 9.80 Å². The second-order valence-electron chi connectivity index (χ2n) is 7.70. The summed E-state index contributed by atoms with van der Waals surface area (Å²) in [7, 11) is 0. The molecule has 2 aliphatic rings. The number of hydrogen-bond acceptors (Lipinski definition) is 4. The predicted molar refractivity (Wildman–Crippen MR) is 97.2 cm³/mol. The molecule has 2 fully saturated rings. The van der Waals surface area contributed by atoms with E-state index in [4.69, 9.17) is 4.74 Å². The Kier molecular flexibility index (Phi) is 5.93. The number of ether oxygens (including phenoxy) is 1. The zero-order chi connectivity index (χ0) is 17.1. The Morgan fingerprint density at radius 2 is 1.96 bits per heavy atom. The fourth-order valence-corrected chi connectivity index (χ4v) is 4.36. The molecular formula is C20H32N2O2. The van der Waals surface area contributed by atoms with Gasteiger partial charge in [0.15, 0.2) is 0 Å². The van der Waals surface area contributed by atoms with E-state index < -0.39 is 0 Å². The number of aryl methyl sites for hydroxylation is 1. The van der Waals surface area contributed by atoms with Gasteiger partial charge in [-0.2, -0.15) is 0 Å². The maximum absolute atomic E-state index is 10.6. The van der Waals surface area contributed by atoms with Crippen molar-refractivity contribution in [3.05, 3.63) is 35.4 Å². The molecule has 1 aromatic carbocycles. The first kappa shape index (κ1) is 17.9. The van der Waals surface area contributed by atoms with Crippen LogP contribution in [0.5, 0.6) is 0 Å². The first-order valence-corrected chi connectivity index (χ1v) is 9.37. The molecule has 0 bridgehead atoms. The predicted octanol–water partition coefficient (Wildman–Crippen LogP) is 2.60. The molecule has 0 amide bonds. The lowest BCUT2D eigenvalue weighted by atomic mass is 10.0. The van der Waals surface area contributed by atoms with Crippen LogP contribution in [0.4, 0.5) is 0 Å². The number of hydrogen-bond donors (Lipinski definition) is 1. The maximum Gasteiger partial charge on any atom is 0.0794 e. The van der Waals surface area contributed by atoms with Crippen LogP contribution < -0.4 is 0 Å². The fourth-order valence-electron chi connectivity index (χ4n) is 4.36. The SMILES string of the molecule is Cc1cccc(C2CCCN2CC(O)CN2CC(C)OC(C)C2)c1. The van der Waals surface area contributed by atoms with Gasteiger partial charge in [0.05, 0.1) is 18.3 Å². The molecule has 2 heterocycles. The molecule has 4 nitrogen and oxygen atoms in total. The molecule has 4 heteroatoms. The largest absolute Gasteiger partial charge is 0.390 e. The number of benzene rings is 1. The van der Waals surface area contributed by atoms with Gasteiger partial charge in [0, 0.05) is 32.2 Å². The summed E-state index contributed by atoms with van der Waals surface area (Å²) in [6.07, 6.45) is 2.63. The Bertz CT molecular complexity index is 526. The first-order chi connectivity index (χ1) is 11.5. The minimum Gasteiger partial charge on any atom is -0.390 e. The van der Waals surface area contributed by atoms with Gasteiger partial charge in [0.1, 0.15) is 0 Å². The van der Waals surface area contributed by atoms with Crippen LogP contribution in [0.15, 0.2) is 24.3 Å². The Labute approximate surface area is 146 Å². The highest BCUT2D eigenvalue weighted by Crippen LogP contribution is 2.32. The monoisotopic (exact) mass is 332 g/mol. The molecule has 134 valence electrons. The van der Waals surface area contributed by atoms with Crippen molar-refractivity contribution in [1.29, 1.82) is 0 Å². The quantitative estimate of drug-likeness (QED) is 0.899. The van der Waals surface area contributed by atoms with Gasteiger partial charge in [0.2, 0.25) is 0 Å². The smallest absolute Gasteiger partial charge is 0.0794 e. The van der Waals surface area contributed by atoms with Crippen molar-refractivity contribution >= 4 is 0 Å². The van der Waals surface area contributed by atoms with Crippen LogP contribution in [0, 0.1) is 6.92 Å². The van der Waals surface area contributed by atoms with Crippen LogP contribution in [0.3, 0.4) is 0 Å². The van der Waals surface area contributed by atoms with Crippen molar-refractivity contribution in [2.75, 3.05) is 32.7 Å². The third-order valence-electron chi connectivity index (χ3n) is 5.20. The Morgan fingerprint density at radius 3 is 2.67 bits per heavy atom. The van der Waals surface area contributed by atoms with Crippen LogP contribution in [-0.2, 0) is 4.74 Å². The van der Waals surface area contributed by atoms with E-state index in [1.54, 1.807) is 0 Å². The van der Waals surface area contributed by atoms with Gasteiger partial charge < -0.3 is 9.84 Å². The molecule has 0 aromatic heterocycles. The number of likely N-dealkylation sites (tertiary alicyclic amines) is 1. The lowest BCUT2D eigenvalue weighted by Crippen LogP contribution is -2.49. The van der Waals surface area contributed by atoms with Gasteiger partial charge in [-0.25, -0.2) is 0 Å². The molecule has 4 atom stereocenters. The molecule has 24 heavy (non-hydrogen) atoms. The van der Waals surface area contributed by atoms with Gasteiger partial charge in [-0.05, 0) is 45.7 Å². The minimum absolute atomic E-state index is 0.257. The van der Waals surface area contributed by atoms with E-state index in [9.17, 15) is 5.11 Å². The van der Waals surface area contributed by atoms with E-state index in [0.29, 0.717) is 6.04 Å². The average molecular weight is 332 g/mol. The molecule has 1 aromatic rings. The van der Waals surface area contributed by atoms with E-state index in [-0.39, 0.29) is 18.3 Å². The van der Waals surface area contributed by atoms with Gasteiger partial charge in [-0.15, -0.1) is 0 Å². The second kappa shape index (κ2) is 7.96. The van der Waals surface area contributed by atoms with Crippen LogP contribution in [0.1, 0.15) is 43.9 Å². The Morgan fingerprint density at radius 1 is 1.21 bits per heavy atom. The van der Waals surface area contributed by atoms with E-state index in [1.807, 2.05) is 0 Å². The fraction of sp³-hybridized carbons (Fsp3) is 0.700. The average Bonchev–Trinajstić information content (AvgIpc) is 2.94. The minimum atomic E-state index is -0.298. The van der Waals surface area contributed by atoms with E-state index in [0.717, 1.165) is 32.7 Å². The molecule has 0 spiro atoms. The zero-order valence-corrected chi connectivity index (χ0v) is 15.3. The highest BCUT2D eigenvalue weighted by atomic mass is 16.5. The lowest BCUT2D eigenvalue weighted by molar-refractivity contribution is -0.0782. The number of aliphatic hydroxyl groups excluding tert-OH is 1. The summed E-state index contributed by atoms with van der Waals surface area (Å²) in [5, 5.41) is 10.6. The van der Waals surface area contributed by atoms with Gasteiger partial charge in [-0.1, -0.05) is 29.8 Å². The third-order valence-corrected chi connectivity index (χ3v) is 5.20. The standard InChI is InChI=1S/C20H32N2O2/c1-15-6-4-7-18(10-15)20-8-5-9-22(20)14-19(23)13-21-11-16(2)24-17(3)12-21/h4,6-7,10,16-17,19-20,23H,5,8-9,11-14H2,1-3H3. The number of rotatable bonds is 5. The molecule has 0 aliphatic carbocycles. The Balaban J connectivity index is 1.56. The topological polar surface area (TPSA) is 35.9 Å². The Hall–Kier alpha value is -0.940. The maximum atomic E-state index is 10.6. The highest BCUT2D eigenvalue weighted by Gasteiger charge is 2.29. The van der Waals surface area contributed by atoms with Crippen LogP contribution in [-0.4, -0.2) is 65.9 Å². The van der Waals surface area contributed by atoms with Crippen LogP contribution >= 0.6 is 0 Å². The van der Waals surface area contributed by atoms with Gasteiger partial charge >= 0.3 is 0 Å². The van der Waals surface area contributed by atoms with Crippen LogP contribution in [0.25, 0.3) is 0 Å². The zero-order valence-electron chi connectivity index (χ0n) is 15.3. The van der Waals surface area contributed by atoms with Crippen molar-refractivity contribution in [2.45, 2.75) is 58.0 Å². The third kappa shape index (κ3) is 4.57. The number of β-amino-alcohol motifs (C(OH)–C–C–N with tert-alkyl or cyclic N) is 1. The summed E-state index contributed by atoms with van der Waals surface area (Å²) in [6.45, 7) is 10.8. The molecule has 0 saturated carbocycles. The highest BCUT2D eigenvalue weighted by molar-refractivity contribution is 5.25.